The highest BCUT2D eigenvalue weighted by molar-refractivity contribution is 6.07. The molecule has 0 aromatic heterocycles. The zero-order valence-electron chi connectivity index (χ0n) is 12.1. The summed E-state index contributed by atoms with van der Waals surface area (Å²) in [6.45, 7) is 8.03. The zero-order valence-corrected chi connectivity index (χ0v) is 12.1. The molecule has 1 amide bonds. The van der Waals surface area contributed by atoms with E-state index < -0.39 is 5.41 Å². The summed E-state index contributed by atoms with van der Waals surface area (Å²) >= 11 is 0. The van der Waals surface area contributed by atoms with Crippen molar-refractivity contribution in [3.05, 3.63) is 0 Å². The van der Waals surface area contributed by atoms with Gasteiger partial charge < -0.3 is 15.8 Å². The third-order valence-corrected chi connectivity index (χ3v) is 4.56. The molecule has 2 rings (SSSR count). The van der Waals surface area contributed by atoms with E-state index in [1.165, 1.54) is 0 Å². The van der Waals surface area contributed by atoms with Crippen LogP contribution in [-0.4, -0.2) is 34.9 Å². The number of amidine groups is 1. The van der Waals surface area contributed by atoms with E-state index in [2.05, 4.69) is 25.9 Å². The second kappa shape index (κ2) is 5.02. The first-order chi connectivity index (χ1) is 8.89. The summed E-state index contributed by atoms with van der Waals surface area (Å²) in [7, 11) is 0. The molecule has 0 radical (unpaired) electrons. The fourth-order valence-electron chi connectivity index (χ4n) is 3.85. The van der Waals surface area contributed by atoms with Crippen molar-refractivity contribution in [2.24, 2.45) is 34.1 Å². The molecule has 1 saturated heterocycles. The molecule has 1 saturated carbocycles. The Hall–Kier alpha value is -1.26. The summed E-state index contributed by atoms with van der Waals surface area (Å²) in [5.41, 5.74) is 5.06. The van der Waals surface area contributed by atoms with Crippen molar-refractivity contribution in [3.63, 3.8) is 0 Å². The number of hydrogen-bond donors (Lipinski definition) is 2. The molecule has 1 heterocycles. The van der Waals surface area contributed by atoms with Crippen LogP contribution in [0.5, 0.6) is 0 Å². The van der Waals surface area contributed by atoms with Crippen molar-refractivity contribution >= 4 is 11.7 Å². The Bertz CT molecular complexity index is 378. The van der Waals surface area contributed by atoms with E-state index in [9.17, 15) is 4.79 Å². The van der Waals surface area contributed by atoms with E-state index in [1.807, 2.05) is 4.90 Å². The van der Waals surface area contributed by atoms with Gasteiger partial charge in [-0.15, -0.1) is 0 Å². The Kier molecular flexibility index (Phi) is 3.74. The molecule has 2 atom stereocenters. The number of rotatable bonds is 2. The highest BCUT2D eigenvalue weighted by Crippen LogP contribution is 2.47. The van der Waals surface area contributed by atoms with Crippen LogP contribution in [0.15, 0.2) is 5.16 Å². The van der Waals surface area contributed by atoms with Crippen molar-refractivity contribution in [1.29, 1.82) is 0 Å². The molecule has 1 aliphatic heterocycles. The van der Waals surface area contributed by atoms with Crippen LogP contribution in [0.3, 0.4) is 0 Å². The molecule has 19 heavy (non-hydrogen) atoms. The largest absolute Gasteiger partial charge is 0.409 e. The summed E-state index contributed by atoms with van der Waals surface area (Å²) in [5, 5.41) is 12.1. The standard InChI is InChI=1S/C14H25N3O2/c1-9-4-10(2)8-17(7-9)13(18)14(12(15)16-19)5-11(3)6-14/h9-11,19H,4-8H2,1-3H3,(H2,15,16). The molecule has 0 aromatic carbocycles. The molecule has 0 spiro atoms. The smallest absolute Gasteiger partial charge is 0.236 e. The lowest BCUT2D eigenvalue weighted by Gasteiger charge is -2.48. The van der Waals surface area contributed by atoms with Crippen LogP contribution in [0, 0.1) is 23.2 Å². The Morgan fingerprint density at radius 2 is 1.74 bits per heavy atom. The predicted molar refractivity (Wildman–Crippen MR) is 73.8 cm³/mol. The minimum atomic E-state index is -0.745. The third-order valence-electron chi connectivity index (χ3n) is 4.56. The summed E-state index contributed by atoms with van der Waals surface area (Å²) in [4.78, 5) is 14.7. The highest BCUT2D eigenvalue weighted by atomic mass is 16.4. The number of oxime groups is 1. The second-order valence-electron chi connectivity index (χ2n) is 6.74. The lowest BCUT2D eigenvalue weighted by molar-refractivity contribution is -0.147. The van der Waals surface area contributed by atoms with Crippen molar-refractivity contribution in [2.75, 3.05) is 13.1 Å². The first kappa shape index (κ1) is 14.2. The van der Waals surface area contributed by atoms with Crippen LogP contribution < -0.4 is 5.73 Å². The summed E-state index contributed by atoms with van der Waals surface area (Å²) in [6, 6.07) is 0. The van der Waals surface area contributed by atoms with Crippen molar-refractivity contribution in [1.82, 2.24) is 4.90 Å². The van der Waals surface area contributed by atoms with E-state index in [0.29, 0.717) is 30.6 Å². The minimum absolute atomic E-state index is 0.0549. The molecule has 0 aromatic rings. The Morgan fingerprint density at radius 3 is 2.16 bits per heavy atom. The topological polar surface area (TPSA) is 78.9 Å². The van der Waals surface area contributed by atoms with Crippen LogP contribution >= 0.6 is 0 Å². The maximum atomic E-state index is 12.8. The summed E-state index contributed by atoms with van der Waals surface area (Å²) in [6.07, 6.45) is 2.55. The van der Waals surface area contributed by atoms with Crippen LogP contribution in [0.25, 0.3) is 0 Å². The molecule has 1 aliphatic carbocycles. The number of nitrogens with zero attached hydrogens (tertiary/aromatic N) is 2. The Balaban J connectivity index is 2.17. The number of amides is 1. The van der Waals surface area contributed by atoms with Gasteiger partial charge in [0.25, 0.3) is 0 Å². The van der Waals surface area contributed by atoms with Gasteiger partial charge in [-0.1, -0.05) is 25.9 Å². The monoisotopic (exact) mass is 267 g/mol. The molecule has 3 N–H and O–H groups in total. The predicted octanol–water partition coefficient (Wildman–Crippen LogP) is 1.65. The molecule has 2 fully saturated rings. The Labute approximate surface area is 114 Å². The number of likely N-dealkylation sites (tertiary alicyclic amines) is 1. The number of nitrogens with two attached hydrogens (primary N) is 1. The first-order valence-corrected chi connectivity index (χ1v) is 7.16. The highest BCUT2D eigenvalue weighted by Gasteiger charge is 2.54. The van der Waals surface area contributed by atoms with Gasteiger partial charge in [-0.25, -0.2) is 0 Å². The van der Waals surface area contributed by atoms with Crippen LogP contribution in [-0.2, 0) is 4.79 Å². The van der Waals surface area contributed by atoms with E-state index in [0.717, 1.165) is 19.5 Å². The molecular weight excluding hydrogens is 242 g/mol. The normalized spacial score (nSPS) is 39.8. The van der Waals surface area contributed by atoms with Crippen molar-refractivity contribution in [3.8, 4) is 0 Å². The van der Waals surface area contributed by atoms with Crippen molar-refractivity contribution < 1.29 is 10.0 Å². The van der Waals surface area contributed by atoms with Crippen LogP contribution in [0.1, 0.15) is 40.0 Å². The molecule has 5 heteroatoms. The van der Waals surface area contributed by atoms with Crippen LogP contribution in [0.2, 0.25) is 0 Å². The molecule has 0 bridgehead atoms. The van der Waals surface area contributed by atoms with Gasteiger partial charge in [0.1, 0.15) is 5.41 Å². The Morgan fingerprint density at radius 1 is 1.21 bits per heavy atom. The number of carbonyl (C=O) groups excluding carboxylic acids is 1. The molecule has 2 aliphatic rings. The van der Waals surface area contributed by atoms with Gasteiger partial charge in [0.15, 0.2) is 5.84 Å². The lowest BCUT2D eigenvalue weighted by Crippen LogP contribution is -2.59. The second-order valence-corrected chi connectivity index (χ2v) is 6.74. The van der Waals surface area contributed by atoms with E-state index in [1.54, 1.807) is 0 Å². The van der Waals surface area contributed by atoms with Gasteiger partial charge in [-0.3, -0.25) is 4.79 Å². The number of hydrogen-bond acceptors (Lipinski definition) is 3. The van der Waals surface area contributed by atoms with Gasteiger partial charge in [0.05, 0.1) is 0 Å². The number of piperidine rings is 1. The zero-order chi connectivity index (χ0) is 14.2. The minimum Gasteiger partial charge on any atom is -0.409 e. The summed E-state index contributed by atoms with van der Waals surface area (Å²) < 4.78 is 0. The first-order valence-electron chi connectivity index (χ1n) is 7.16. The average Bonchev–Trinajstić information content (AvgIpc) is 2.31. The molecule has 2 unspecified atom stereocenters. The van der Waals surface area contributed by atoms with Crippen LogP contribution in [0.4, 0.5) is 0 Å². The van der Waals surface area contributed by atoms with E-state index >= 15 is 0 Å². The SMILES string of the molecule is CC1CC(C)CN(C(=O)C2(C(N)=NO)CC(C)C2)C1. The average molecular weight is 267 g/mol. The van der Waals surface area contributed by atoms with Gasteiger partial charge >= 0.3 is 0 Å². The molecule has 5 nitrogen and oxygen atoms in total. The van der Waals surface area contributed by atoms with E-state index in [4.69, 9.17) is 10.9 Å². The quantitative estimate of drug-likeness (QED) is 0.345. The number of carbonyl (C=O) groups is 1. The third kappa shape index (κ3) is 2.42. The fraction of sp³-hybridized carbons (Fsp3) is 0.857. The van der Waals surface area contributed by atoms with Gasteiger partial charge in [-0.2, -0.15) is 0 Å². The van der Waals surface area contributed by atoms with E-state index in [-0.39, 0.29) is 11.7 Å². The summed E-state index contributed by atoms with van der Waals surface area (Å²) in [5.74, 6) is 1.65. The van der Waals surface area contributed by atoms with Crippen molar-refractivity contribution in [2.45, 2.75) is 40.0 Å². The maximum Gasteiger partial charge on any atom is 0.236 e. The van der Waals surface area contributed by atoms with Gasteiger partial charge in [-0.05, 0) is 37.0 Å². The fourth-order valence-corrected chi connectivity index (χ4v) is 3.85. The molecular formula is C14H25N3O2. The lowest BCUT2D eigenvalue weighted by atomic mass is 9.61. The maximum absolute atomic E-state index is 12.8. The van der Waals surface area contributed by atoms with Gasteiger partial charge in [0.2, 0.25) is 5.91 Å². The molecule has 108 valence electrons. The van der Waals surface area contributed by atoms with Gasteiger partial charge in [0, 0.05) is 13.1 Å².